The van der Waals surface area contributed by atoms with Gasteiger partial charge in [0.25, 0.3) is 0 Å². The minimum atomic E-state index is -0.260. The molecule has 0 unspecified atom stereocenters. The Morgan fingerprint density at radius 3 is 2.21 bits per heavy atom. The van der Waals surface area contributed by atoms with Crippen molar-refractivity contribution < 1.29 is 9.59 Å². The largest absolute Gasteiger partial charge is 0.354 e. The number of hydrogen-bond acceptors (Lipinski definition) is 3. The molecule has 0 saturated carbocycles. The molecule has 5 heteroatoms. The molecule has 0 fully saturated rings. The summed E-state index contributed by atoms with van der Waals surface area (Å²) in [4.78, 5) is 25.7. The topological polar surface area (TPSA) is 61.4 Å². The van der Waals surface area contributed by atoms with Crippen molar-refractivity contribution >= 4 is 11.8 Å². The molecule has 0 aliphatic carbocycles. The molecule has 1 rings (SSSR count). The first-order valence-corrected chi connectivity index (χ1v) is 8.52. The van der Waals surface area contributed by atoms with Crippen LogP contribution in [0.2, 0.25) is 0 Å². The highest BCUT2D eigenvalue weighted by Crippen LogP contribution is 2.17. The van der Waals surface area contributed by atoms with Crippen LogP contribution in [0.5, 0.6) is 0 Å². The van der Waals surface area contributed by atoms with Gasteiger partial charge in [0.05, 0.1) is 13.1 Å². The first-order valence-electron chi connectivity index (χ1n) is 8.52. The zero-order valence-electron chi connectivity index (χ0n) is 15.6. The number of amides is 2. The lowest BCUT2D eigenvalue weighted by atomic mass is 9.96. The Bertz CT molecular complexity index is 523. The Balaban J connectivity index is 2.38. The van der Waals surface area contributed by atoms with Crippen LogP contribution in [0.25, 0.3) is 0 Å². The van der Waals surface area contributed by atoms with Gasteiger partial charge in [0.1, 0.15) is 0 Å². The van der Waals surface area contributed by atoms with Crippen molar-refractivity contribution in [3.63, 3.8) is 0 Å². The lowest BCUT2D eigenvalue weighted by Crippen LogP contribution is -2.47. The van der Waals surface area contributed by atoms with E-state index < -0.39 is 0 Å². The molecule has 1 atom stereocenters. The molecule has 0 spiro atoms. The fourth-order valence-electron chi connectivity index (χ4n) is 2.52. The van der Waals surface area contributed by atoms with Gasteiger partial charge in [0, 0.05) is 18.0 Å². The number of rotatable bonds is 8. The predicted octanol–water partition coefficient (Wildman–Crippen LogP) is 2.14. The average Bonchev–Trinajstić information content (AvgIpc) is 2.46. The second-order valence-corrected chi connectivity index (χ2v) is 7.29. The molecule has 2 amide bonds. The first-order chi connectivity index (χ1) is 11.2. The van der Waals surface area contributed by atoms with E-state index in [1.54, 1.807) is 11.9 Å². The maximum Gasteiger partial charge on any atom is 0.234 e. The molecule has 0 aromatic heterocycles. The molecule has 1 aromatic carbocycles. The fourth-order valence-corrected chi connectivity index (χ4v) is 2.52. The Morgan fingerprint density at radius 2 is 1.67 bits per heavy atom. The van der Waals surface area contributed by atoms with E-state index in [1.165, 1.54) is 5.56 Å². The van der Waals surface area contributed by atoms with Gasteiger partial charge in [-0.15, -0.1) is 0 Å². The van der Waals surface area contributed by atoms with Gasteiger partial charge in [0.2, 0.25) is 11.8 Å². The van der Waals surface area contributed by atoms with Crippen LogP contribution in [0.4, 0.5) is 0 Å². The zero-order valence-corrected chi connectivity index (χ0v) is 15.6. The van der Waals surface area contributed by atoms with Crippen molar-refractivity contribution in [2.45, 2.75) is 45.6 Å². The summed E-state index contributed by atoms with van der Waals surface area (Å²) in [6.07, 6.45) is 0.966. The van der Waals surface area contributed by atoms with Crippen LogP contribution in [0.15, 0.2) is 30.3 Å². The summed E-state index contributed by atoms with van der Waals surface area (Å²) in [6.45, 7) is 8.96. The van der Waals surface area contributed by atoms with Gasteiger partial charge in [-0.25, -0.2) is 0 Å². The van der Waals surface area contributed by atoms with Gasteiger partial charge in [-0.1, -0.05) is 37.3 Å². The van der Waals surface area contributed by atoms with Crippen molar-refractivity contribution in [2.75, 3.05) is 26.7 Å². The molecular formula is C19H31N3O2. The maximum absolute atomic E-state index is 12.1. The van der Waals surface area contributed by atoms with Crippen molar-refractivity contribution in [3.8, 4) is 0 Å². The molecule has 1 aromatic rings. The molecule has 134 valence electrons. The van der Waals surface area contributed by atoms with Crippen LogP contribution < -0.4 is 10.6 Å². The molecule has 24 heavy (non-hydrogen) atoms. The molecule has 2 N–H and O–H groups in total. The smallest absolute Gasteiger partial charge is 0.234 e. The van der Waals surface area contributed by atoms with E-state index in [0.29, 0.717) is 12.5 Å². The second-order valence-electron chi connectivity index (χ2n) is 7.29. The highest BCUT2D eigenvalue weighted by Gasteiger charge is 2.17. The van der Waals surface area contributed by atoms with Gasteiger partial charge < -0.3 is 10.6 Å². The van der Waals surface area contributed by atoms with Crippen LogP contribution in [0.1, 0.15) is 45.6 Å². The monoisotopic (exact) mass is 333 g/mol. The molecule has 0 aliphatic heterocycles. The highest BCUT2D eigenvalue weighted by atomic mass is 16.2. The van der Waals surface area contributed by atoms with Crippen LogP contribution >= 0.6 is 0 Å². The second kappa shape index (κ2) is 9.42. The van der Waals surface area contributed by atoms with Gasteiger partial charge in [-0.3, -0.25) is 14.5 Å². The van der Waals surface area contributed by atoms with E-state index >= 15 is 0 Å². The van der Waals surface area contributed by atoms with E-state index in [1.807, 2.05) is 39.0 Å². The van der Waals surface area contributed by atoms with Crippen LogP contribution in [-0.4, -0.2) is 48.9 Å². The lowest BCUT2D eigenvalue weighted by molar-refractivity contribution is -0.125. The van der Waals surface area contributed by atoms with E-state index in [9.17, 15) is 9.59 Å². The highest BCUT2D eigenvalue weighted by molar-refractivity contribution is 5.81. The molecule has 0 bridgehead atoms. The predicted molar refractivity (Wildman–Crippen MR) is 97.9 cm³/mol. The minimum Gasteiger partial charge on any atom is -0.354 e. The summed E-state index contributed by atoms with van der Waals surface area (Å²) >= 11 is 0. The lowest BCUT2D eigenvalue weighted by Gasteiger charge is -2.23. The summed E-state index contributed by atoms with van der Waals surface area (Å²) in [5, 5.41) is 5.86. The van der Waals surface area contributed by atoms with Crippen molar-refractivity contribution in [2.24, 2.45) is 0 Å². The van der Waals surface area contributed by atoms with Gasteiger partial charge in [-0.2, -0.15) is 0 Å². The quantitative estimate of drug-likeness (QED) is 0.766. The van der Waals surface area contributed by atoms with Crippen LogP contribution in [0.3, 0.4) is 0 Å². The standard InChI is InChI=1S/C19H31N3O2/c1-6-15(16-10-8-7-9-11-16)12-20-17(23)13-22(5)14-18(24)21-19(2,3)4/h7-11,15H,6,12-14H2,1-5H3,(H,20,23)(H,21,24)/t15-/m0/s1. The molecule has 0 heterocycles. The Kier molecular flexibility index (Phi) is 7.92. The third-order valence-electron chi connectivity index (χ3n) is 3.65. The Morgan fingerprint density at radius 1 is 1.08 bits per heavy atom. The van der Waals surface area contributed by atoms with Crippen LogP contribution in [-0.2, 0) is 9.59 Å². The third kappa shape index (κ3) is 8.11. The Hall–Kier alpha value is -1.88. The number of carbonyl (C=O) groups excluding carboxylic acids is 2. The summed E-state index contributed by atoms with van der Waals surface area (Å²) in [5.74, 6) is 0.175. The maximum atomic E-state index is 12.1. The summed E-state index contributed by atoms with van der Waals surface area (Å²) in [6, 6.07) is 10.2. The van der Waals surface area contributed by atoms with Crippen LogP contribution in [0, 0.1) is 0 Å². The normalized spacial score (nSPS) is 12.8. The van der Waals surface area contributed by atoms with Crippen molar-refractivity contribution in [3.05, 3.63) is 35.9 Å². The SMILES string of the molecule is CC[C@@H](CNC(=O)CN(C)CC(=O)NC(C)(C)C)c1ccccc1. The summed E-state index contributed by atoms with van der Waals surface area (Å²) < 4.78 is 0. The molecular weight excluding hydrogens is 302 g/mol. The Labute approximate surface area is 145 Å². The number of nitrogens with zero attached hydrogens (tertiary/aromatic N) is 1. The third-order valence-corrected chi connectivity index (χ3v) is 3.65. The molecule has 0 radical (unpaired) electrons. The number of nitrogens with one attached hydrogen (secondary N) is 2. The van der Waals surface area contributed by atoms with Crippen molar-refractivity contribution in [1.82, 2.24) is 15.5 Å². The van der Waals surface area contributed by atoms with Gasteiger partial charge >= 0.3 is 0 Å². The van der Waals surface area contributed by atoms with Gasteiger partial charge in [0.15, 0.2) is 0 Å². The summed E-state index contributed by atoms with van der Waals surface area (Å²) in [5.41, 5.74) is 0.975. The fraction of sp³-hybridized carbons (Fsp3) is 0.579. The molecule has 0 aliphatic rings. The molecule has 5 nitrogen and oxygen atoms in total. The zero-order chi connectivity index (χ0) is 18.2. The van der Waals surface area contributed by atoms with E-state index in [0.717, 1.165) is 6.42 Å². The van der Waals surface area contributed by atoms with E-state index in [4.69, 9.17) is 0 Å². The van der Waals surface area contributed by atoms with Crippen molar-refractivity contribution in [1.29, 1.82) is 0 Å². The number of benzene rings is 1. The first kappa shape index (κ1) is 20.2. The number of hydrogen-bond donors (Lipinski definition) is 2. The number of likely N-dealkylation sites (N-methyl/N-ethyl adjacent to an activating group) is 1. The average molecular weight is 333 g/mol. The number of carbonyl (C=O) groups is 2. The summed E-state index contributed by atoms with van der Waals surface area (Å²) in [7, 11) is 1.77. The van der Waals surface area contributed by atoms with E-state index in [2.05, 4.69) is 29.7 Å². The molecule has 0 saturated heterocycles. The van der Waals surface area contributed by atoms with Gasteiger partial charge in [-0.05, 0) is 39.8 Å². The minimum absolute atomic E-state index is 0.0598. The van der Waals surface area contributed by atoms with E-state index in [-0.39, 0.29) is 30.4 Å².